The first-order chi connectivity index (χ1) is 26.8. The normalized spacial score (nSPS) is 11.7. The van der Waals surface area contributed by atoms with Gasteiger partial charge in [-0.15, -0.1) is 0 Å². The van der Waals surface area contributed by atoms with Crippen LogP contribution in [-0.2, 0) is 0 Å². The average Bonchev–Trinajstić information content (AvgIpc) is 3.62. The van der Waals surface area contributed by atoms with Gasteiger partial charge in [-0.2, -0.15) is 0 Å². The minimum Gasteiger partial charge on any atom is -0.456 e. The average molecular weight is 688 g/mol. The number of nitrogens with zero attached hydrogens (tertiary/aromatic N) is 1. The molecule has 2 heteroatoms. The van der Waals surface area contributed by atoms with Gasteiger partial charge < -0.3 is 9.32 Å². The number of para-hydroxylation sites is 3. The molecule has 0 saturated heterocycles. The Morgan fingerprint density at radius 1 is 0.278 bits per heavy atom. The number of hydrogen-bond donors (Lipinski definition) is 0. The van der Waals surface area contributed by atoms with E-state index in [0.717, 1.165) is 44.6 Å². The third-order valence-electron chi connectivity index (χ3n) is 11.0. The molecule has 0 unspecified atom stereocenters. The summed E-state index contributed by atoms with van der Waals surface area (Å²) >= 11 is 0. The molecule has 2 nitrogen and oxygen atoms in total. The second-order valence-electron chi connectivity index (χ2n) is 14.0. The van der Waals surface area contributed by atoms with Crippen molar-refractivity contribution in [2.75, 3.05) is 4.90 Å². The number of rotatable bonds is 5. The Kier molecular flexibility index (Phi) is 6.90. The summed E-state index contributed by atoms with van der Waals surface area (Å²) in [6, 6.07) is 72.3. The zero-order valence-corrected chi connectivity index (χ0v) is 29.4. The Morgan fingerprint density at radius 2 is 0.759 bits per heavy atom. The monoisotopic (exact) mass is 687 g/mol. The van der Waals surface area contributed by atoms with Crippen LogP contribution in [0.4, 0.5) is 17.1 Å². The second-order valence-corrected chi connectivity index (χ2v) is 14.0. The molecule has 0 amide bonds. The van der Waals surface area contributed by atoms with Gasteiger partial charge in [0.2, 0.25) is 0 Å². The van der Waals surface area contributed by atoms with Crippen molar-refractivity contribution in [2.24, 2.45) is 0 Å². The first-order valence-corrected chi connectivity index (χ1v) is 18.5. The lowest BCUT2D eigenvalue weighted by Crippen LogP contribution is -2.10. The van der Waals surface area contributed by atoms with Crippen LogP contribution in [0.1, 0.15) is 0 Å². The van der Waals surface area contributed by atoms with Gasteiger partial charge in [-0.3, -0.25) is 0 Å². The molecule has 0 spiro atoms. The zero-order valence-electron chi connectivity index (χ0n) is 29.4. The molecule has 0 bridgehead atoms. The Bertz CT molecular complexity index is 3170. The number of fused-ring (bicyclic) bond motifs is 9. The van der Waals surface area contributed by atoms with Crippen molar-refractivity contribution in [3.8, 4) is 22.3 Å². The Balaban J connectivity index is 1.16. The third-order valence-corrected chi connectivity index (χ3v) is 11.0. The fraction of sp³-hybridized carbons (Fsp3) is 0. The van der Waals surface area contributed by atoms with E-state index in [-0.39, 0.29) is 0 Å². The summed E-state index contributed by atoms with van der Waals surface area (Å²) in [5, 5.41) is 12.1. The lowest BCUT2D eigenvalue weighted by Gasteiger charge is -2.27. The van der Waals surface area contributed by atoms with E-state index >= 15 is 0 Å². The van der Waals surface area contributed by atoms with Gasteiger partial charge in [0.05, 0.1) is 5.69 Å². The number of hydrogen-bond acceptors (Lipinski definition) is 2. The summed E-state index contributed by atoms with van der Waals surface area (Å²) in [7, 11) is 0. The van der Waals surface area contributed by atoms with Crippen LogP contribution in [0.15, 0.2) is 205 Å². The minimum absolute atomic E-state index is 0.909. The highest BCUT2D eigenvalue weighted by Gasteiger charge is 2.20. The molecular weight excluding hydrogens is 655 g/mol. The molecule has 252 valence electrons. The summed E-state index contributed by atoms with van der Waals surface area (Å²) in [5.74, 6) is 0. The second kappa shape index (κ2) is 12.2. The van der Waals surface area contributed by atoms with E-state index in [1.165, 1.54) is 59.8 Å². The Morgan fingerprint density at radius 3 is 1.41 bits per heavy atom. The summed E-state index contributed by atoms with van der Waals surface area (Å²) in [5.41, 5.74) is 10.0. The van der Waals surface area contributed by atoms with E-state index in [1.807, 2.05) is 12.1 Å². The van der Waals surface area contributed by atoms with E-state index in [9.17, 15) is 0 Å². The number of anilines is 3. The van der Waals surface area contributed by atoms with Crippen molar-refractivity contribution < 1.29 is 4.42 Å². The minimum atomic E-state index is 0.909. The highest BCUT2D eigenvalue weighted by atomic mass is 16.3. The molecule has 54 heavy (non-hydrogen) atoms. The summed E-state index contributed by atoms with van der Waals surface area (Å²) in [6.45, 7) is 0. The molecule has 0 saturated carbocycles. The predicted molar refractivity (Wildman–Crippen MR) is 229 cm³/mol. The fourth-order valence-electron chi connectivity index (χ4n) is 8.60. The molecular formula is C52H33NO. The standard InChI is InChI=1S/C52H33NO/c1-3-15-35(16-4-1)53(36-17-5-2-6-18-36)50-30-29-42(37-19-11-12-24-43(37)50)47-33-49-39-21-8-7-20-38(39)46(32-48(49)41-23-10-9-22-40(41)47)34-27-28-45-44-25-13-14-26-51(44)54-52(45)31-34/h1-33H. The highest BCUT2D eigenvalue weighted by molar-refractivity contribution is 6.25. The largest absolute Gasteiger partial charge is 0.456 e. The van der Waals surface area contributed by atoms with Gasteiger partial charge in [0.25, 0.3) is 0 Å². The van der Waals surface area contributed by atoms with Crippen molar-refractivity contribution in [1.82, 2.24) is 0 Å². The molecule has 0 radical (unpaired) electrons. The lowest BCUT2D eigenvalue weighted by molar-refractivity contribution is 0.669. The first-order valence-electron chi connectivity index (χ1n) is 18.5. The number of furan rings is 1. The van der Waals surface area contributed by atoms with E-state index < -0.39 is 0 Å². The van der Waals surface area contributed by atoms with Gasteiger partial charge in [-0.25, -0.2) is 0 Å². The summed E-state index contributed by atoms with van der Waals surface area (Å²) < 4.78 is 6.35. The summed E-state index contributed by atoms with van der Waals surface area (Å²) in [4.78, 5) is 2.36. The van der Waals surface area contributed by atoms with Crippen LogP contribution >= 0.6 is 0 Å². The third kappa shape index (κ3) is 4.74. The van der Waals surface area contributed by atoms with E-state index in [1.54, 1.807) is 0 Å². The van der Waals surface area contributed by atoms with Crippen LogP contribution in [0, 0.1) is 0 Å². The Labute approximate surface area is 312 Å². The maximum Gasteiger partial charge on any atom is 0.136 e. The molecule has 0 fully saturated rings. The predicted octanol–water partition coefficient (Wildman–Crippen LogP) is 15.0. The van der Waals surface area contributed by atoms with Crippen molar-refractivity contribution in [2.45, 2.75) is 0 Å². The first kappa shape index (κ1) is 30.5. The molecule has 0 atom stereocenters. The topological polar surface area (TPSA) is 16.4 Å². The molecule has 0 aliphatic heterocycles. The molecule has 0 aliphatic carbocycles. The molecule has 10 aromatic carbocycles. The zero-order chi connectivity index (χ0) is 35.6. The van der Waals surface area contributed by atoms with Gasteiger partial charge >= 0.3 is 0 Å². The van der Waals surface area contributed by atoms with Crippen LogP contribution in [-0.4, -0.2) is 0 Å². The van der Waals surface area contributed by atoms with E-state index in [0.29, 0.717) is 0 Å². The van der Waals surface area contributed by atoms with Crippen LogP contribution in [0.2, 0.25) is 0 Å². The van der Waals surface area contributed by atoms with Gasteiger partial charge in [-0.1, -0.05) is 140 Å². The van der Waals surface area contributed by atoms with Crippen molar-refractivity contribution in [3.63, 3.8) is 0 Å². The molecule has 11 aromatic rings. The van der Waals surface area contributed by atoms with Gasteiger partial charge in [0.15, 0.2) is 0 Å². The van der Waals surface area contributed by atoms with Gasteiger partial charge in [0.1, 0.15) is 11.2 Å². The van der Waals surface area contributed by atoms with Gasteiger partial charge in [0, 0.05) is 27.5 Å². The fourth-order valence-corrected chi connectivity index (χ4v) is 8.60. The van der Waals surface area contributed by atoms with Crippen LogP contribution in [0.3, 0.4) is 0 Å². The molecule has 11 rings (SSSR count). The maximum atomic E-state index is 6.35. The molecule has 1 aromatic heterocycles. The molecule has 0 N–H and O–H groups in total. The lowest BCUT2D eigenvalue weighted by atomic mass is 9.86. The maximum absolute atomic E-state index is 6.35. The van der Waals surface area contributed by atoms with E-state index in [4.69, 9.17) is 4.42 Å². The quantitative estimate of drug-likeness (QED) is 0.168. The smallest absolute Gasteiger partial charge is 0.136 e. The van der Waals surface area contributed by atoms with Crippen molar-refractivity contribution >= 4 is 82.1 Å². The van der Waals surface area contributed by atoms with Crippen LogP contribution in [0.25, 0.3) is 87.3 Å². The van der Waals surface area contributed by atoms with Crippen LogP contribution in [0.5, 0.6) is 0 Å². The SMILES string of the molecule is c1ccc(N(c2ccccc2)c2ccc(-c3cc4c5ccccc5c(-c5ccc6c(c5)oc5ccccc56)cc4c4ccccc34)c3ccccc23)cc1. The van der Waals surface area contributed by atoms with Crippen molar-refractivity contribution in [1.29, 1.82) is 0 Å². The summed E-state index contributed by atoms with van der Waals surface area (Å²) in [6.07, 6.45) is 0. The molecule has 0 aliphatic rings. The van der Waals surface area contributed by atoms with E-state index in [2.05, 4.69) is 193 Å². The highest BCUT2D eigenvalue weighted by Crippen LogP contribution is 2.46. The van der Waals surface area contributed by atoms with Gasteiger partial charge in [-0.05, 0) is 121 Å². The molecule has 1 heterocycles. The van der Waals surface area contributed by atoms with Crippen molar-refractivity contribution in [3.05, 3.63) is 200 Å². The number of benzene rings is 10. The van der Waals surface area contributed by atoms with Crippen LogP contribution < -0.4 is 4.90 Å². The Hall–Kier alpha value is -7.16.